The van der Waals surface area contributed by atoms with E-state index in [-0.39, 0.29) is 12.0 Å². The minimum absolute atomic E-state index is 0.113. The first-order valence-electron chi connectivity index (χ1n) is 9.06. The van der Waals surface area contributed by atoms with Crippen LogP contribution < -0.4 is 5.32 Å². The summed E-state index contributed by atoms with van der Waals surface area (Å²) in [5.74, 6) is -0.147. The second-order valence-electron chi connectivity index (χ2n) is 6.93. The van der Waals surface area contributed by atoms with Crippen molar-refractivity contribution >= 4 is 22.5 Å². The molecule has 0 unspecified atom stereocenters. The van der Waals surface area contributed by atoms with Gasteiger partial charge in [-0.15, -0.1) is 0 Å². The number of carbonyl (C=O) groups is 1. The Morgan fingerprint density at radius 3 is 2.96 bits per heavy atom. The van der Waals surface area contributed by atoms with Crippen molar-refractivity contribution in [1.82, 2.24) is 9.78 Å². The Morgan fingerprint density at radius 1 is 1.40 bits per heavy atom. The third-order valence-corrected chi connectivity index (χ3v) is 4.49. The highest BCUT2D eigenvalue weighted by Gasteiger charge is 2.19. The summed E-state index contributed by atoms with van der Waals surface area (Å²) in [6.45, 7) is 7.20. The molecule has 0 radical (unpaired) electrons. The van der Waals surface area contributed by atoms with Gasteiger partial charge in [0.1, 0.15) is 6.10 Å². The summed E-state index contributed by atoms with van der Waals surface area (Å²) >= 11 is 0. The summed E-state index contributed by atoms with van der Waals surface area (Å²) < 4.78 is 13.2. The van der Waals surface area contributed by atoms with Crippen molar-refractivity contribution in [3.05, 3.63) is 24.4 Å². The van der Waals surface area contributed by atoms with Gasteiger partial charge in [0, 0.05) is 29.9 Å². The fourth-order valence-electron chi connectivity index (χ4n) is 2.90. The number of benzene rings is 1. The fourth-order valence-corrected chi connectivity index (χ4v) is 2.90. The number of hydrogen-bond acceptors (Lipinski definition) is 4. The summed E-state index contributed by atoms with van der Waals surface area (Å²) in [7, 11) is 0. The van der Waals surface area contributed by atoms with Crippen molar-refractivity contribution in [3.63, 3.8) is 0 Å². The van der Waals surface area contributed by atoms with E-state index in [2.05, 4.69) is 24.3 Å². The third kappa shape index (κ3) is 4.58. The second kappa shape index (κ2) is 7.97. The van der Waals surface area contributed by atoms with Crippen LogP contribution in [-0.4, -0.2) is 41.1 Å². The van der Waals surface area contributed by atoms with E-state index in [9.17, 15) is 4.79 Å². The molecule has 25 heavy (non-hydrogen) atoms. The second-order valence-corrected chi connectivity index (χ2v) is 6.93. The van der Waals surface area contributed by atoms with Crippen molar-refractivity contribution in [2.75, 3.05) is 18.5 Å². The summed E-state index contributed by atoms with van der Waals surface area (Å²) in [6.07, 6.45) is 4.88. The Bertz CT molecular complexity index is 720. The molecule has 1 N–H and O–H groups in total. The highest BCUT2D eigenvalue weighted by atomic mass is 16.5. The number of carbonyl (C=O) groups excluding carboxylic acids is 1. The standard InChI is InChI=1S/C19H27N3O3/c1-13(2)22-11-15-10-16(7-8-18(15)21-22)20-19(23)14(3)25-12-17-6-4-5-9-24-17/h7-8,10-11,13-14,17H,4-6,9,12H2,1-3H3,(H,20,23)/t14-,17+/m1/s1. The van der Waals surface area contributed by atoms with Gasteiger partial charge in [-0.1, -0.05) is 0 Å². The maximum Gasteiger partial charge on any atom is 0.253 e. The number of aromatic nitrogens is 2. The van der Waals surface area contributed by atoms with E-state index in [1.54, 1.807) is 6.92 Å². The van der Waals surface area contributed by atoms with Gasteiger partial charge in [-0.05, 0) is 58.2 Å². The Balaban J connectivity index is 1.56. The largest absolute Gasteiger partial charge is 0.376 e. The van der Waals surface area contributed by atoms with E-state index in [1.165, 1.54) is 6.42 Å². The van der Waals surface area contributed by atoms with E-state index in [0.29, 0.717) is 12.6 Å². The zero-order valence-corrected chi connectivity index (χ0v) is 15.2. The molecule has 6 nitrogen and oxygen atoms in total. The van der Waals surface area contributed by atoms with Crippen LogP contribution in [0, 0.1) is 0 Å². The summed E-state index contributed by atoms with van der Waals surface area (Å²) in [5.41, 5.74) is 1.68. The van der Waals surface area contributed by atoms with Crippen LogP contribution in [0.4, 0.5) is 5.69 Å². The Labute approximate surface area is 148 Å². The zero-order valence-electron chi connectivity index (χ0n) is 15.2. The van der Waals surface area contributed by atoms with E-state index >= 15 is 0 Å². The lowest BCUT2D eigenvalue weighted by molar-refractivity contribution is -0.130. The minimum atomic E-state index is -0.514. The Kier molecular flexibility index (Phi) is 5.71. The summed E-state index contributed by atoms with van der Waals surface area (Å²) in [4.78, 5) is 12.3. The van der Waals surface area contributed by atoms with Crippen LogP contribution in [0.15, 0.2) is 24.4 Å². The minimum Gasteiger partial charge on any atom is -0.376 e. The van der Waals surface area contributed by atoms with Gasteiger partial charge in [-0.2, -0.15) is 5.10 Å². The lowest BCUT2D eigenvalue weighted by Crippen LogP contribution is -2.32. The normalized spacial score (nSPS) is 19.3. The molecule has 2 aromatic rings. The molecule has 0 saturated carbocycles. The van der Waals surface area contributed by atoms with Crippen molar-refractivity contribution in [2.24, 2.45) is 0 Å². The number of anilines is 1. The maximum absolute atomic E-state index is 12.3. The van der Waals surface area contributed by atoms with E-state index in [0.717, 1.165) is 36.0 Å². The molecule has 1 saturated heterocycles. The molecule has 1 amide bonds. The number of nitrogens with one attached hydrogen (secondary N) is 1. The Morgan fingerprint density at radius 2 is 2.24 bits per heavy atom. The number of hydrogen-bond donors (Lipinski definition) is 1. The highest BCUT2D eigenvalue weighted by Crippen LogP contribution is 2.20. The van der Waals surface area contributed by atoms with Crippen molar-refractivity contribution in [3.8, 4) is 0 Å². The lowest BCUT2D eigenvalue weighted by atomic mass is 10.1. The predicted molar refractivity (Wildman–Crippen MR) is 97.8 cm³/mol. The van der Waals surface area contributed by atoms with Gasteiger partial charge in [-0.25, -0.2) is 0 Å². The SMILES string of the molecule is CC(C)n1cc2cc(NC(=O)[C@@H](C)OC[C@@H]3CCCCO3)ccc2n1. The van der Waals surface area contributed by atoms with Gasteiger partial charge in [0.25, 0.3) is 5.91 Å². The monoisotopic (exact) mass is 345 g/mol. The number of nitrogens with zero attached hydrogens (tertiary/aromatic N) is 2. The van der Waals surface area contributed by atoms with Gasteiger partial charge in [0.05, 0.1) is 18.2 Å². The van der Waals surface area contributed by atoms with Gasteiger partial charge < -0.3 is 14.8 Å². The van der Waals surface area contributed by atoms with Crippen LogP contribution in [0.3, 0.4) is 0 Å². The predicted octanol–water partition coefficient (Wildman–Crippen LogP) is 3.53. The molecule has 0 aliphatic carbocycles. The van der Waals surface area contributed by atoms with Crippen molar-refractivity contribution < 1.29 is 14.3 Å². The maximum atomic E-state index is 12.3. The van der Waals surface area contributed by atoms with Crippen molar-refractivity contribution in [1.29, 1.82) is 0 Å². The fraction of sp³-hybridized carbons (Fsp3) is 0.579. The highest BCUT2D eigenvalue weighted by molar-refractivity contribution is 5.96. The average molecular weight is 345 g/mol. The molecule has 136 valence electrons. The first kappa shape index (κ1) is 17.9. The zero-order chi connectivity index (χ0) is 17.8. The lowest BCUT2D eigenvalue weighted by Gasteiger charge is -2.23. The molecule has 2 atom stereocenters. The number of amides is 1. The van der Waals surface area contributed by atoms with E-state index in [4.69, 9.17) is 9.47 Å². The van der Waals surface area contributed by atoms with Crippen LogP contribution in [0.5, 0.6) is 0 Å². The molecule has 3 rings (SSSR count). The van der Waals surface area contributed by atoms with Crippen LogP contribution in [0.25, 0.3) is 10.9 Å². The van der Waals surface area contributed by atoms with Gasteiger partial charge in [-0.3, -0.25) is 9.48 Å². The molecule has 2 heterocycles. The average Bonchev–Trinajstić information content (AvgIpc) is 3.04. The molecular weight excluding hydrogens is 318 g/mol. The van der Waals surface area contributed by atoms with Crippen LogP contribution in [0.2, 0.25) is 0 Å². The van der Waals surface area contributed by atoms with Gasteiger partial charge in [0.15, 0.2) is 0 Å². The molecule has 0 spiro atoms. The third-order valence-electron chi connectivity index (χ3n) is 4.49. The molecule has 1 aliphatic rings. The van der Waals surface area contributed by atoms with Gasteiger partial charge >= 0.3 is 0 Å². The molecule has 1 aromatic carbocycles. The quantitative estimate of drug-likeness (QED) is 0.870. The van der Waals surface area contributed by atoms with Gasteiger partial charge in [0.2, 0.25) is 0 Å². The molecule has 1 aliphatic heterocycles. The van der Waals surface area contributed by atoms with E-state index in [1.807, 2.05) is 29.1 Å². The molecule has 6 heteroatoms. The summed E-state index contributed by atoms with van der Waals surface area (Å²) in [6, 6.07) is 6.04. The Hall–Kier alpha value is -1.92. The topological polar surface area (TPSA) is 65.4 Å². The molecular formula is C19H27N3O3. The van der Waals surface area contributed by atoms with Crippen LogP contribution >= 0.6 is 0 Å². The summed E-state index contributed by atoms with van der Waals surface area (Å²) in [5, 5.41) is 8.44. The smallest absolute Gasteiger partial charge is 0.253 e. The van der Waals surface area contributed by atoms with E-state index < -0.39 is 6.10 Å². The number of ether oxygens (including phenoxy) is 2. The first-order valence-corrected chi connectivity index (χ1v) is 9.06. The van der Waals surface area contributed by atoms with Crippen LogP contribution in [0.1, 0.15) is 46.1 Å². The number of rotatable bonds is 6. The molecule has 0 bridgehead atoms. The molecule has 1 fully saturated rings. The van der Waals surface area contributed by atoms with Crippen molar-refractivity contribution in [2.45, 2.75) is 58.3 Å². The first-order chi connectivity index (χ1) is 12.0. The number of fused-ring (bicyclic) bond motifs is 1. The molecule has 1 aromatic heterocycles. The van der Waals surface area contributed by atoms with Crippen LogP contribution in [-0.2, 0) is 14.3 Å².